The van der Waals surface area contributed by atoms with Crippen molar-refractivity contribution in [2.75, 3.05) is 13.2 Å². The molecule has 0 atom stereocenters. The van der Waals surface area contributed by atoms with Gasteiger partial charge in [-0.25, -0.2) is 0 Å². The molecule has 0 saturated heterocycles. The van der Waals surface area contributed by atoms with Crippen LogP contribution in [0.25, 0.3) is 11.3 Å². The first-order valence-electron chi connectivity index (χ1n) is 8.45. The number of hydrogen-bond acceptors (Lipinski definition) is 5. The van der Waals surface area contributed by atoms with Gasteiger partial charge in [0.25, 0.3) is 0 Å². The number of rotatable bonds is 5. The minimum atomic E-state index is 0.677. The molecule has 1 aromatic carbocycles. The number of hydrogen-bond donors (Lipinski definition) is 1. The summed E-state index contributed by atoms with van der Waals surface area (Å²) in [5, 5.41) is 8.02. The first kappa shape index (κ1) is 15.8. The molecule has 0 spiro atoms. The van der Waals surface area contributed by atoms with Crippen LogP contribution in [0, 0.1) is 0 Å². The Morgan fingerprint density at radius 3 is 2.84 bits per heavy atom. The lowest BCUT2D eigenvalue weighted by molar-refractivity contribution is 0.297. The van der Waals surface area contributed by atoms with E-state index in [1.165, 1.54) is 0 Å². The van der Waals surface area contributed by atoms with Crippen molar-refractivity contribution in [3.63, 3.8) is 0 Å². The molecular weight excluding hydrogens is 318 g/mol. The van der Waals surface area contributed by atoms with Crippen molar-refractivity contribution in [2.24, 2.45) is 7.05 Å². The van der Waals surface area contributed by atoms with Crippen LogP contribution < -0.4 is 14.8 Å². The van der Waals surface area contributed by atoms with Gasteiger partial charge in [-0.1, -0.05) is 0 Å². The summed E-state index contributed by atoms with van der Waals surface area (Å²) in [6.45, 7) is 2.76. The average molecular weight is 339 g/mol. The van der Waals surface area contributed by atoms with E-state index in [4.69, 9.17) is 13.9 Å². The molecule has 0 aliphatic carbocycles. The van der Waals surface area contributed by atoms with Gasteiger partial charge in [-0.2, -0.15) is 5.10 Å². The normalized spacial score (nSPS) is 13.6. The lowest BCUT2D eigenvalue weighted by atomic mass is 10.1. The summed E-state index contributed by atoms with van der Waals surface area (Å²) in [6.07, 6.45) is 4.62. The van der Waals surface area contributed by atoms with E-state index in [-0.39, 0.29) is 0 Å². The zero-order chi connectivity index (χ0) is 17.1. The molecule has 0 amide bonds. The Hall–Kier alpha value is -2.73. The first-order valence-corrected chi connectivity index (χ1v) is 8.45. The summed E-state index contributed by atoms with van der Waals surface area (Å²) in [5.41, 5.74) is 3.10. The van der Waals surface area contributed by atoms with E-state index in [2.05, 4.69) is 10.4 Å². The van der Waals surface area contributed by atoms with E-state index in [1.807, 2.05) is 48.3 Å². The highest BCUT2D eigenvalue weighted by Crippen LogP contribution is 2.34. The van der Waals surface area contributed by atoms with Gasteiger partial charge in [0.2, 0.25) is 0 Å². The van der Waals surface area contributed by atoms with Crippen LogP contribution in [0.15, 0.2) is 47.2 Å². The third kappa shape index (κ3) is 3.53. The van der Waals surface area contributed by atoms with E-state index in [0.29, 0.717) is 26.3 Å². The van der Waals surface area contributed by atoms with Crippen molar-refractivity contribution in [3.05, 3.63) is 54.1 Å². The quantitative estimate of drug-likeness (QED) is 0.774. The van der Waals surface area contributed by atoms with E-state index in [1.54, 1.807) is 6.26 Å². The number of nitrogens with zero attached hydrogens (tertiary/aromatic N) is 2. The molecule has 25 heavy (non-hydrogen) atoms. The zero-order valence-electron chi connectivity index (χ0n) is 14.2. The molecular formula is C19H21N3O3. The predicted molar refractivity (Wildman–Crippen MR) is 93.5 cm³/mol. The number of aryl methyl sites for hydroxylation is 1. The molecule has 2 aromatic heterocycles. The third-order valence-corrected chi connectivity index (χ3v) is 4.12. The largest absolute Gasteiger partial charge is 0.490 e. The molecule has 0 unspecified atom stereocenters. The van der Waals surface area contributed by atoms with Gasteiger partial charge < -0.3 is 19.2 Å². The van der Waals surface area contributed by atoms with Crippen LogP contribution in [0.2, 0.25) is 0 Å². The van der Waals surface area contributed by atoms with Gasteiger partial charge in [0.1, 0.15) is 5.76 Å². The highest BCUT2D eigenvalue weighted by atomic mass is 16.5. The van der Waals surface area contributed by atoms with Crippen molar-refractivity contribution in [1.82, 2.24) is 15.1 Å². The highest BCUT2D eigenvalue weighted by molar-refractivity contribution is 5.66. The van der Waals surface area contributed by atoms with Crippen molar-refractivity contribution < 1.29 is 13.9 Å². The number of ether oxygens (including phenoxy) is 2. The molecule has 1 aliphatic heterocycles. The van der Waals surface area contributed by atoms with Crippen LogP contribution >= 0.6 is 0 Å². The Balaban J connectivity index is 1.54. The van der Waals surface area contributed by atoms with Gasteiger partial charge in [-0.3, -0.25) is 4.68 Å². The molecule has 130 valence electrons. The predicted octanol–water partition coefficient (Wildman–Crippen LogP) is 3.13. The third-order valence-electron chi connectivity index (χ3n) is 4.12. The van der Waals surface area contributed by atoms with E-state index >= 15 is 0 Å². The maximum absolute atomic E-state index is 5.80. The second kappa shape index (κ2) is 7.03. The lowest BCUT2D eigenvalue weighted by Crippen LogP contribution is -2.12. The Morgan fingerprint density at radius 2 is 2.00 bits per heavy atom. The van der Waals surface area contributed by atoms with Gasteiger partial charge in [-0.15, -0.1) is 0 Å². The fourth-order valence-electron chi connectivity index (χ4n) is 2.95. The van der Waals surface area contributed by atoms with Crippen LogP contribution in [-0.4, -0.2) is 23.0 Å². The Labute approximate surface area is 146 Å². The molecule has 6 nitrogen and oxygen atoms in total. The van der Waals surface area contributed by atoms with Crippen molar-refractivity contribution in [2.45, 2.75) is 19.5 Å². The number of nitrogens with one attached hydrogen (secondary N) is 1. The molecule has 3 aromatic rings. The fraction of sp³-hybridized carbons (Fsp3) is 0.316. The minimum Gasteiger partial charge on any atom is -0.490 e. The molecule has 4 rings (SSSR count). The minimum absolute atomic E-state index is 0.677. The lowest BCUT2D eigenvalue weighted by Gasteiger charge is -2.09. The number of benzene rings is 1. The summed E-state index contributed by atoms with van der Waals surface area (Å²) in [5.74, 6) is 2.51. The SMILES string of the molecule is Cn1cc(CNCc2ccco2)c(-c2ccc3c(c2)OCCCO3)n1. The second-order valence-corrected chi connectivity index (χ2v) is 6.07. The molecule has 1 aliphatic rings. The Morgan fingerprint density at radius 1 is 1.12 bits per heavy atom. The van der Waals surface area contributed by atoms with E-state index in [0.717, 1.165) is 40.5 Å². The number of fused-ring (bicyclic) bond motifs is 1. The van der Waals surface area contributed by atoms with E-state index < -0.39 is 0 Å². The molecule has 0 saturated carbocycles. The molecule has 0 fully saturated rings. The topological polar surface area (TPSA) is 61.5 Å². The van der Waals surface area contributed by atoms with E-state index in [9.17, 15) is 0 Å². The Kier molecular flexibility index (Phi) is 4.43. The first-order chi connectivity index (χ1) is 12.3. The standard InChI is InChI=1S/C19H21N3O3/c1-22-13-15(11-20-12-16-4-2-7-23-16)19(21-22)14-5-6-17-18(10-14)25-9-3-8-24-17/h2,4-7,10,13,20H,3,8-9,11-12H2,1H3. The molecule has 0 bridgehead atoms. The summed E-state index contributed by atoms with van der Waals surface area (Å²) in [6, 6.07) is 9.86. The average Bonchev–Trinajstić information content (AvgIpc) is 3.19. The summed E-state index contributed by atoms with van der Waals surface area (Å²) in [7, 11) is 1.93. The summed E-state index contributed by atoms with van der Waals surface area (Å²) >= 11 is 0. The zero-order valence-corrected chi connectivity index (χ0v) is 14.2. The fourth-order valence-corrected chi connectivity index (χ4v) is 2.95. The molecule has 6 heteroatoms. The second-order valence-electron chi connectivity index (χ2n) is 6.07. The van der Waals surface area contributed by atoms with Crippen molar-refractivity contribution in [3.8, 4) is 22.8 Å². The molecule has 0 radical (unpaired) electrons. The maximum atomic E-state index is 5.80. The maximum Gasteiger partial charge on any atom is 0.161 e. The smallest absolute Gasteiger partial charge is 0.161 e. The van der Waals surface area contributed by atoms with Gasteiger partial charge in [-0.05, 0) is 30.3 Å². The van der Waals surface area contributed by atoms with Gasteiger partial charge >= 0.3 is 0 Å². The highest BCUT2D eigenvalue weighted by Gasteiger charge is 2.15. The van der Waals surface area contributed by atoms with Crippen molar-refractivity contribution >= 4 is 0 Å². The monoisotopic (exact) mass is 339 g/mol. The van der Waals surface area contributed by atoms with Gasteiger partial charge in [0.15, 0.2) is 11.5 Å². The Bertz CT molecular complexity index is 840. The van der Waals surface area contributed by atoms with Crippen molar-refractivity contribution in [1.29, 1.82) is 0 Å². The number of furan rings is 1. The molecule has 3 heterocycles. The van der Waals surface area contributed by atoms with Crippen LogP contribution in [0.5, 0.6) is 11.5 Å². The van der Waals surface area contributed by atoms with Gasteiger partial charge in [0, 0.05) is 37.3 Å². The van der Waals surface area contributed by atoms with Crippen LogP contribution in [0.4, 0.5) is 0 Å². The summed E-state index contributed by atoms with van der Waals surface area (Å²) < 4.78 is 18.7. The van der Waals surface area contributed by atoms with Gasteiger partial charge in [0.05, 0.1) is 31.7 Å². The van der Waals surface area contributed by atoms with Crippen LogP contribution in [0.1, 0.15) is 17.7 Å². The number of aromatic nitrogens is 2. The summed E-state index contributed by atoms with van der Waals surface area (Å²) in [4.78, 5) is 0. The van der Waals surface area contributed by atoms with Crippen LogP contribution in [-0.2, 0) is 20.1 Å². The van der Waals surface area contributed by atoms with Crippen LogP contribution in [0.3, 0.4) is 0 Å². The molecule has 1 N–H and O–H groups in total.